The molecule has 2 nitrogen and oxygen atoms in total. The highest BCUT2D eigenvalue weighted by molar-refractivity contribution is 5.94. The van der Waals surface area contributed by atoms with E-state index in [0.29, 0.717) is 18.9 Å². The minimum Gasteiger partial charge on any atom is -0.348 e. The van der Waals surface area contributed by atoms with Crippen LogP contribution >= 0.6 is 0 Å². The van der Waals surface area contributed by atoms with Crippen LogP contribution in [0.5, 0.6) is 0 Å². The van der Waals surface area contributed by atoms with Crippen molar-refractivity contribution in [3.8, 4) is 12.3 Å². The third-order valence-corrected chi connectivity index (χ3v) is 2.37. The van der Waals surface area contributed by atoms with E-state index in [-0.39, 0.29) is 11.6 Å². The van der Waals surface area contributed by atoms with E-state index in [4.69, 9.17) is 6.42 Å². The molecule has 0 aliphatic rings. The van der Waals surface area contributed by atoms with E-state index in [9.17, 15) is 13.6 Å². The number of hydrogen-bond acceptors (Lipinski definition) is 1. The number of benzene rings is 1. The first-order chi connectivity index (χ1) is 8.08. The van der Waals surface area contributed by atoms with E-state index >= 15 is 0 Å². The van der Waals surface area contributed by atoms with Gasteiger partial charge in [0, 0.05) is 18.5 Å². The van der Waals surface area contributed by atoms with Crippen LogP contribution in [0.4, 0.5) is 8.78 Å². The molecule has 0 radical (unpaired) electrons. The highest BCUT2D eigenvalue weighted by Gasteiger charge is 2.15. The summed E-state index contributed by atoms with van der Waals surface area (Å²) in [5.41, 5.74) is -0.179. The molecule has 90 valence electrons. The standard InChI is InChI=1S/C13H13F2NO/c1-3-5-10(4-2)16-13(17)11-7-6-9(14)8-12(11)15/h1,6-8,10H,4-5H2,2H3,(H,16,17). The Morgan fingerprint density at radius 3 is 2.76 bits per heavy atom. The summed E-state index contributed by atoms with van der Waals surface area (Å²) in [6.07, 6.45) is 6.18. The maximum absolute atomic E-state index is 13.3. The molecule has 0 bridgehead atoms. The Labute approximate surface area is 99.0 Å². The quantitative estimate of drug-likeness (QED) is 0.801. The Morgan fingerprint density at radius 2 is 2.24 bits per heavy atom. The minimum absolute atomic E-state index is 0.179. The molecule has 0 aliphatic carbocycles. The molecule has 1 aromatic rings. The number of terminal acetylenes is 1. The average Bonchev–Trinajstić information content (AvgIpc) is 2.28. The molecule has 17 heavy (non-hydrogen) atoms. The molecule has 0 spiro atoms. The second-order valence-electron chi connectivity index (χ2n) is 3.61. The van der Waals surface area contributed by atoms with Crippen LogP contribution in [0.2, 0.25) is 0 Å². The fraction of sp³-hybridized carbons (Fsp3) is 0.308. The number of carbonyl (C=O) groups excluding carboxylic acids is 1. The lowest BCUT2D eigenvalue weighted by Crippen LogP contribution is -2.34. The highest BCUT2D eigenvalue weighted by Crippen LogP contribution is 2.10. The van der Waals surface area contributed by atoms with E-state index in [0.717, 1.165) is 12.1 Å². The Balaban J connectivity index is 2.79. The van der Waals surface area contributed by atoms with Gasteiger partial charge >= 0.3 is 0 Å². The second kappa shape index (κ2) is 6.00. The number of rotatable bonds is 4. The molecule has 0 fully saturated rings. The molecule has 0 aromatic heterocycles. The molecule has 1 atom stereocenters. The van der Waals surface area contributed by atoms with Crippen molar-refractivity contribution in [1.82, 2.24) is 5.32 Å². The Morgan fingerprint density at radius 1 is 1.53 bits per heavy atom. The fourth-order valence-electron chi connectivity index (χ4n) is 1.38. The zero-order chi connectivity index (χ0) is 12.8. The van der Waals surface area contributed by atoms with E-state index in [2.05, 4.69) is 11.2 Å². The van der Waals surface area contributed by atoms with Gasteiger partial charge in [-0.05, 0) is 18.6 Å². The lowest BCUT2D eigenvalue weighted by atomic mass is 10.1. The molecule has 1 rings (SSSR count). The first kappa shape index (κ1) is 13.2. The maximum Gasteiger partial charge on any atom is 0.254 e. The van der Waals surface area contributed by atoms with E-state index < -0.39 is 17.5 Å². The smallest absolute Gasteiger partial charge is 0.254 e. The van der Waals surface area contributed by atoms with Gasteiger partial charge in [-0.3, -0.25) is 4.79 Å². The van der Waals surface area contributed by atoms with Crippen molar-refractivity contribution in [3.05, 3.63) is 35.4 Å². The van der Waals surface area contributed by atoms with Gasteiger partial charge in [-0.2, -0.15) is 0 Å². The van der Waals surface area contributed by atoms with Crippen LogP contribution in [0.25, 0.3) is 0 Å². The normalized spacial score (nSPS) is 11.6. The predicted octanol–water partition coefficient (Wildman–Crippen LogP) is 2.50. The molecule has 1 amide bonds. The molecular formula is C13H13F2NO. The first-order valence-corrected chi connectivity index (χ1v) is 5.27. The van der Waals surface area contributed by atoms with Gasteiger partial charge in [0.05, 0.1) is 5.56 Å². The van der Waals surface area contributed by atoms with Crippen LogP contribution < -0.4 is 5.32 Å². The third kappa shape index (κ3) is 3.56. The van der Waals surface area contributed by atoms with Gasteiger partial charge in [-0.25, -0.2) is 8.78 Å². The van der Waals surface area contributed by atoms with Crippen LogP contribution in [0, 0.1) is 24.0 Å². The summed E-state index contributed by atoms with van der Waals surface area (Å²) < 4.78 is 26.0. The van der Waals surface area contributed by atoms with Crippen molar-refractivity contribution in [2.75, 3.05) is 0 Å². The summed E-state index contributed by atoms with van der Waals surface area (Å²) in [7, 11) is 0. The van der Waals surface area contributed by atoms with Gasteiger partial charge in [-0.1, -0.05) is 6.92 Å². The summed E-state index contributed by atoms with van der Waals surface area (Å²) >= 11 is 0. The molecule has 0 aliphatic heterocycles. The van der Waals surface area contributed by atoms with Crippen LogP contribution in [-0.4, -0.2) is 11.9 Å². The van der Waals surface area contributed by atoms with Crippen molar-refractivity contribution in [2.45, 2.75) is 25.8 Å². The van der Waals surface area contributed by atoms with Crippen molar-refractivity contribution < 1.29 is 13.6 Å². The van der Waals surface area contributed by atoms with Gasteiger partial charge in [0.15, 0.2) is 0 Å². The summed E-state index contributed by atoms with van der Waals surface area (Å²) in [6, 6.07) is 2.64. The monoisotopic (exact) mass is 237 g/mol. The first-order valence-electron chi connectivity index (χ1n) is 5.27. The minimum atomic E-state index is -0.877. The second-order valence-corrected chi connectivity index (χ2v) is 3.61. The van der Waals surface area contributed by atoms with Crippen LogP contribution in [0.3, 0.4) is 0 Å². The van der Waals surface area contributed by atoms with Gasteiger partial charge in [0.25, 0.3) is 5.91 Å². The van der Waals surface area contributed by atoms with E-state index in [1.54, 1.807) is 0 Å². The predicted molar refractivity (Wildman–Crippen MR) is 61.4 cm³/mol. The topological polar surface area (TPSA) is 29.1 Å². The molecule has 1 N–H and O–H groups in total. The lowest BCUT2D eigenvalue weighted by molar-refractivity contribution is 0.0932. The summed E-state index contributed by atoms with van der Waals surface area (Å²) in [4.78, 5) is 11.7. The molecule has 1 aromatic carbocycles. The lowest BCUT2D eigenvalue weighted by Gasteiger charge is -2.14. The fourth-order valence-corrected chi connectivity index (χ4v) is 1.38. The number of hydrogen-bond donors (Lipinski definition) is 1. The summed E-state index contributed by atoms with van der Waals surface area (Å²) in [6.45, 7) is 1.86. The largest absolute Gasteiger partial charge is 0.348 e. The van der Waals surface area contributed by atoms with Crippen LogP contribution in [0.1, 0.15) is 30.1 Å². The van der Waals surface area contributed by atoms with Gasteiger partial charge in [0.1, 0.15) is 11.6 Å². The number of nitrogens with one attached hydrogen (secondary N) is 1. The average molecular weight is 237 g/mol. The SMILES string of the molecule is C#CCC(CC)NC(=O)c1ccc(F)cc1F. The zero-order valence-corrected chi connectivity index (χ0v) is 9.47. The summed E-state index contributed by atoms with van der Waals surface area (Å²) in [5, 5.41) is 2.60. The molecule has 0 saturated carbocycles. The molecular weight excluding hydrogens is 224 g/mol. The van der Waals surface area contributed by atoms with E-state index in [1.165, 1.54) is 0 Å². The molecule has 4 heteroatoms. The van der Waals surface area contributed by atoms with Crippen molar-refractivity contribution in [1.29, 1.82) is 0 Å². The Bertz CT molecular complexity index is 451. The van der Waals surface area contributed by atoms with Gasteiger partial charge in [-0.15, -0.1) is 12.3 Å². The molecule has 0 heterocycles. The number of amides is 1. The third-order valence-electron chi connectivity index (χ3n) is 2.37. The number of carbonyl (C=O) groups is 1. The zero-order valence-electron chi connectivity index (χ0n) is 9.47. The Hall–Kier alpha value is -1.89. The highest BCUT2D eigenvalue weighted by atomic mass is 19.1. The van der Waals surface area contributed by atoms with Crippen LogP contribution in [-0.2, 0) is 0 Å². The number of halogens is 2. The summed E-state index contributed by atoms with van der Waals surface area (Å²) in [5.74, 6) is 0.262. The maximum atomic E-state index is 13.3. The van der Waals surface area contributed by atoms with Crippen molar-refractivity contribution >= 4 is 5.91 Å². The molecule has 1 unspecified atom stereocenters. The van der Waals surface area contributed by atoms with Crippen molar-refractivity contribution in [3.63, 3.8) is 0 Å². The van der Waals surface area contributed by atoms with Crippen LogP contribution in [0.15, 0.2) is 18.2 Å². The van der Waals surface area contributed by atoms with Gasteiger partial charge < -0.3 is 5.32 Å². The van der Waals surface area contributed by atoms with Crippen molar-refractivity contribution in [2.24, 2.45) is 0 Å². The Kier molecular flexibility index (Phi) is 4.65. The van der Waals surface area contributed by atoms with Gasteiger partial charge in [0.2, 0.25) is 0 Å². The molecule has 0 saturated heterocycles. The van der Waals surface area contributed by atoms with E-state index in [1.807, 2.05) is 6.92 Å².